The molecule has 1 heteroatoms. The summed E-state index contributed by atoms with van der Waals surface area (Å²) in [5.41, 5.74) is 5.36. The zero-order valence-electron chi connectivity index (χ0n) is 10.7. The van der Waals surface area contributed by atoms with Crippen LogP contribution in [-0.2, 0) is 26.2 Å². The Bertz CT molecular complexity index is 663. The van der Waals surface area contributed by atoms with E-state index in [2.05, 4.69) is 68.4 Å². The molecule has 0 spiro atoms. The van der Waals surface area contributed by atoms with Gasteiger partial charge in [-0.1, -0.05) is 47.0 Å². The molecule has 0 aliphatic rings. The van der Waals surface area contributed by atoms with E-state index >= 15 is 0 Å². The van der Waals surface area contributed by atoms with E-state index in [1.807, 2.05) is 0 Å². The molecule has 88 valence electrons. The van der Waals surface area contributed by atoms with E-state index in [0.29, 0.717) is 0 Å². The second-order valence-electron chi connectivity index (χ2n) is 4.64. The van der Waals surface area contributed by atoms with Crippen LogP contribution in [0.15, 0.2) is 54.6 Å². The van der Waals surface area contributed by atoms with E-state index in [1.165, 1.54) is 33.0 Å². The molecule has 0 unspecified atom stereocenters. The van der Waals surface area contributed by atoms with Gasteiger partial charge < -0.3 is 0 Å². The summed E-state index contributed by atoms with van der Waals surface area (Å²) in [7, 11) is 0. The normalized spacial score (nSPS) is 10.3. The van der Waals surface area contributed by atoms with E-state index < -0.39 is 0 Å². The summed E-state index contributed by atoms with van der Waals surface area (Å²) in [6, 6.07) is 19.6. The standard InChI is InChI=1S/C17H15.Zr/c1-12-10-15-8-9-16(17(15)11-13(12)2)14-6-4-3-5-7-14;/h3-11H,1-2H3;/q-1;. The maximum atomic E-state index is 2.30. The predicted molar refractivity (Wildman–Crippen MR) is 74.5 cm³/mol. The Hall–Kier alpha value is -1.07. The van der Waals surface area contributed by atoms with E-state index in [1.54, 1.807) is 0 Å². The van der Waals surface area contributed by atoms with Crippen LogP contribution in [0.2, 0.25) is 0 Å². The topological polar surface area (TPSA) is 0 Å². The van der Waals surface area contributed by atoms with Crippen molar-refractivity contribution >= 4 is 10.8 Å². The van der Waals surface area contributed by atoms with Crippen molar-refractivity contribution in [2.24, 2.45) is 0 Å². The largest absolute Gasteiger partial charge is 0.149 e. The van der Waals surface area contributed by atoms with Gasteiger partial charge in [0.25, 0.3) is 0 Å². The summed E-state index contributed by atoms with van der Waals surface area (Å²) in [5.74, 6) is 0. The molecule has 0 saturated heterocycles. The number of aryl methyl sites for hydroxylation is 2. The zero-order valence-corrected chi connectivity index (χ0v) is 13.2. The third-order valence-electron chi connectivity index (χ3n) is 3.47. The molecule has 0 aromatic heterocycles. The molecule has 0 radical (unpaired) electrons. The zero-order chi connectivity index (χ0) is 11.8. The molecule has 0 aliphatic heterocycles. The Balaban J connectivity index is 0.00000120. The smallest absolute Gasteiger partial charge is 0 e. The Labute approximate surface area is 127 Å². The molecule has 0 aliphatic carbocycles. The van der Waals surface area contributed by atoms with Crippen LogP contribution in [0.25, 0.3) is 21.9 Å². The van der Waals surface area contributed by atoms with E-state index in [4.69, 9.17) is 0 Å². The minimum atomic E-state index is 0. The van der Waals surface area contributed by atoms with Gasteiger partial charge in [0.05, 0.1) is 0 Å². The molecule has 0 atom stereocenters. The molecule has 18 heavy (non-hydrogen) atoms. The molecule has 0 amide bonds. The number of fused-ring (bicyclic) bond motifs is 1. The predicted octanol–water partition coefficient (Wildman–Crippen LogP) is 4.84. The Kier molecular flexibility index (Phi) is 3.92. The average molecular weight is 311 g/mol. The van der Waals surface area contributed by atoms with Gasteiger partial charge in [-0.2, -0.15) is 0 Å². The third kappa shape index (κ3) is 2.25. The number of hydrogen-bond donors (Lipinski definition) is 0. The molecule has 0 bridgehead atoms. The van der Waals surface area contributed by atoms with Crippen LogP contribution >= 0.6 is 0 Å². The number of hydrogen-bond acceptors (Lipinski definition) is 0. The molecule has 3 aromatic rings. The van der Waals surface area contributed by atoms with Crippen molar-refractivity contribution in [3.8, 4) is 11.1 Å². The first-order valence-corrected chi connectivity index (χ1v) is 5.98. The van der Waals surface area contributed by atoms with Gasteiger partial charge in [0, 0.05) is 26.2 Å². The van der Waals surface area contributed by atoms with E-state index in [-0.39, 0.29) is 26.2 Å². The van der Waals surface area contributed by atoms with Crippen LogP contribution in [0.5, 0.6) is 0 Å². The van der Waals surface area contributed by atoms with Crippen LogP contribution < -0.4 is 0 Å². The summed E-state index contributed by atoms with van der Waals surface area (Å²) in [6.45, 7) is 4.35. The van der Waals surface area contributed by atoms with Crippen molar-refractivity contribution < 1.29 is 26.2 Å². The fourth-order valence-electron chi connectivity index (χ4n) is 2.34. The van der Waals surface area contributed by atoms with Gasteiger partial charge in [-0.3, -0.25) is 0 Å². The maximum Gasteiger partial charge on any atom is 0 e. The second-order valence-corrected chi connectivity index (χ2v) is 4.64. The van der Waals surface area contributed by atoms with Crippen LogP contribution in [0.3, 0.4) is 0 Å². The monoisotopic (exact) mass is 309 g/mol. The summed E-state index contributed by atoms with van der Waals surface area (Å²) >= 11 is 0. The van der Waals surface area contributed by atoms with Crippen LogP contribution in [0.4, 0.5) is 0 Å². The van der Waals surface area contributed by atoms with E-state index in [0.717, 1.165) is 0 Å². The van der Waals surface area contributed by atoms with Gasteiger partial charge in [-0.05, 0) is 13.8 Å². The minimum Gasteiger partial charge on any atom is -0.149 e. The molecule has 3 aromatic carbocycles. The van der Waals surface area contributed by atoms with Gasteiger partial charge >= 0.3 is 0 Å². The average Bonchev–Trinajstić information content (AvgIpc) is 2.74. The van der Waals surface area contributed by atoms with Gasteiger partial charge in [0.15, 0.2) is 0 Å². The molecule has 3 rings (SSSR count). The van der Waals surface area contributed by atoms with Crippen molar-refractivity contribution in [1.29, 1.82) is 0 Å². The van der Waals surface area contributed by atoms with Gasteiger partial charge in [-0.15, -0.1) is 40.6 Å². The fourth-order valence-corrected chi connectivity index (χ4v) is 2.34. The third-order valence-corrected chi connectivity index (χ3v) is 3.47. The van der Waals surface area contributed by atoms with Crippen molar-refractivity contribution in [2.75, 3.05) is 0 Å². The Morgan fingerprint density at radius 1 is 0.889 bits per heavy atom. The Morgan fingerprint density at radius 2 is 1.56 bits per heavy atom. The van der Waals surface area contributed by atoms with Crippen molar-refractivity contribution in [2.45, 2.75) is 13.8 Å². The summed E-state index contributed by atoms with van der Waals surface area (Å²) in [4.78, 5) is 0. The minimum absolute atomic E-state index is 0. The molecular weight excluding hydrogens is 295 g/mol. The first kappa shape index (κ1) is 13.4. The van der Waals surface area contributed by atoms with Crippen LogP contribution in [0.1, 0.15) is 11.1 Å². The molecule has 0 nitrogen and oxygen atoms in total. The van der Waals surface area contributed by atoms with Crippen molar-refractivity contribution in [1.82, 2.24) is 0 Å². The maximum absolute atomic E-state index is 2.30. The second kappa shape index (κ2) is 5.28. The van der Waals surface area contributed by atoms with Crippen LogP contribution in [0, 0.1) is 13.8 Å². The van der Waals surface area contributed by atoms with Gasteiger partial charge in [0.1, 0.15) is 0 Å². The van der Waals surface area contributed by atoms with Gasteiger partial charge in [-0.25, -0.2) is 0 Å². The first-order chi connectivity index (χ1) is 8.25. The fraction of sp³-hybridized carbons (Fsp3) is 0.118. The number of benzene rings is 2. The quantitative estimate of drug-likeness (QED) is 0.564. The van der Waals surface area contributed by atoms with Crippen molar-refractivity contribution in [3.05, 3.63) is 65.7 Å². The molecule has 0 heterocycles. The molecular formula is C17H15Zr-. The summed E-state index contributed by atoms with van der Waals surface area (Å²) in [6.07, 6.45) is 0. The number of rotatable bonds is 1. The molecule has 0 N–H and O–H groups in total. The van der Waals surface area contributed by atoms with Crippen LogP contribution in [-0.4, -0.2) is 0 Å². The van der Waals surface area contributed by atoms with Crippen molar-refractivity contribution in [3.63, 3.8) is 0 Å². The molecule has 0 saturated carbocycles. The van der Waals surface area contributed by atoms with Gasteiger partial charge in [0.2, 0.25) is 0 Å². The summed E-state index contributed by atoms with van der Waals surface area (Å²) < 4.78 is 0. The summed E-state index contributed by atoms with van der Waals surface area (Å²) in [5, 5.41) is 2.70. The first-order valence-electron chi connectivity index (χ1n) is 5.98. The molecule has 0 fully saturated rings. The Morgan fingerprint density at radius 3 is 2.28 bits per heavy atom. The SMILES string of the molecule is Cc1cc2[cH-]cc(-c3ccccc3)c2cc1C.[Zr]. The van der Waals surface area contributed by atoms with E-state index in [9.17, 15) is 0 Å².